The molecule has 1 N–H and O–H groups in total. The van der Waals surface area contributed by atoms with Crippen molar-refractivity contribution < 1.29 is 0 Å². The number of rotatable bonds is 9. The zero-order chi connectivity index (χ0) is 12.6. The molecular weight excluding hydrogens is 196 g/mol. The van der Waals surface area contributed by atoms with E-state index in [-0.39, 0.29) is 0 Å². The quantitative estimate of drug-likeness (QED) is 0.652. The second-order valence-electron chi connectivity index (χ2n) is 5.39. The fourth-order valence-corrected chi connectivity index (χ4v) is 1.63. The first kappa shape index (κ1) is 15.9. The van der Waals surface area contributed by atoms with Crippen LogP contribution in [0.1, 0.15) is 48.0 Å². The van der Waals surface area contributed by atoms with Gasteiger partial charge in [-0.3, -0.25) is 0 Å². The molecule has 2 atom stereocenters. The van der Waals surface area contributed by atoms with Crippen molar-refractivity contribution in [3.8, 4) is 0 Å². The third-order valence-corrected chi connectivity index (χ3v) is 3.61. The summed E-state index contributed by atoms with van der Waals surface area (Å²) in [6.45, 7) is 18.4. The molecule has 0 radical (unpaired) electrons. The van der Waals surface area contributed by atoms with E-state index in [4.69, 9.17) is 0 Å². The van der Waals surface area contributed by atoms with Crippen molar-refractivity contribution in [2.24, 2.45) is 11.8 Å². The van der Waals surface area contributed by atoms with Crippen LogP contribution >= 0.6 is 0 Å². The smallest absolute Gasteiger partial charge is 0.0107 e. The minimum atomic E-state index is 0.627. The van der Waals surface area contributed by atoms with Crippen LogP contribution in [0.5, 0.6) is 0 Å². The highest BCUT2D eigenvalue weighted by Crippen LogP contribution is 2.04. The number of nitrogens with one attached hydrogen (secondary N) is 1. The van der Waals surface area contributed by atoms with Crippen LogP contribution in [0.4, 0.5) is 0 Å². The lowest BCUT2D eigenvalue weighted by molar-refractivity contribution is 0.240. The number of hydrogen-bond acceptors (Lipinski definition) is 2. The van der Waals surface area contributed by atoms with Gasteiger partial charge in [-0.15, -0.1) is 0 Å². The number of hydrogen-bond donors (Lipinski definition) is 1. The van der Waals surface area contributed by atoms with Gasteiger partial charge in [0.25, 0.3) is 0 Å². The standard InChI is InChI=1S/C14H32N2/c1-7-13(5)11-16(8-2)10-9-15-14(6)12(3)4/h12-15H,7-11H2,1-6H3. The minimum absolute atomic E-state index is 0.627. The fraction of sp³-hybridized carbons (Fsp3) is 1.00. The van der Waals surface area contributed by atoms with Gasteiger partial charge in [0.05, 0.1) is 0 Å². The van der Waals surface area contributed by atoms with Crippen LogP contribution < -0.4 is 5.32 Å². The summed E-state index contributed by atoms with van der Waals surface area (Å²) in [6, 6.07) is 0.627. The summed E-state index contributed by atoms with van der Waals surface area (Å²) >= 11 is 0. The van der Waals surface area contributed by atoms with E-state index in [1.54, 1.807) is 0 Å². The maximum Gasteiger partial charge on any atom is 0.0107 e. The Hall–Kier alpha value is -0.0800. The van der Waals surface area contributed by atoms with Gasteiger partial charge in [0.2, 0.25) is 0 Å². The first-order valence-corrected chi connectivity index (χ1v) is 6.96. The van der Waals surface area contributed by atoms with Crippen LogP contribution in [0.25, 0.3) is 0 Å². The molecule has 0 fully saturated rings. The van der Waals surface area contributed by atoms with Crippen molar-refractivity contribution in [3.63, 3.8) is 0 Å². The lowest BCUT2D eigenvalue weighted by Crippen LogP contribution is -2.39. The molecule has 0 saturated carbocycles. The van der Waals surface area contributed by atoms with Gasteiger partial charge in [-0.25, -0.2) is 0 Å². The van der Waals surface area contributed by atoms with Crippen molar-refractivity contribution in [1.82, 2.24) is 10.2 Å². The molecule has 2 unspecified atom stereocenters. The van der Waals surface area contributed by atoms with Crippen molar-refractivity contribution in [2.45, 2.75) is 54.0 Å². The van der Waals surface area contributed by atoms with Gasteiger partial charge in [-0.1, -0.05) is 41.0 Å². The predicted molar refractivity (Wildman–Crippen MR) is 73.9 cm³/mol. The van der Waals surface area contributed by atoms with Crippen LogP contribution in [0.3, 0.4) is 0 Å². The Morgan fingerprint density at radius 2 is 1.69 bits per heavy atom. The van der Waals surface area contributed by atoms with Gasteiger partial charge in [-0.2, -0.15) is 0 Å². The number of nitrogens with zero attached hydrogens (tertiary/aromatic N) is 1. The summed E-state index contributed by atoms with van der Waals surface area (Å²) in [5, 5.41) is 3.60. The van der Waals surface area contributed by atoms with E-state index in [2.05, 4.69) is 51.8 Å². The molecule has 2 heteroatoms. The van der Waals surface area contributed by atoms with Gasteiger partial charge < -0.3 is 10.2 Å². The summed E-state index contributed by atoms with van der Waals surface area (Å²) in [5.74, 6) is 1.55. The molecule has 0 aliphatic carbocycles. The molecule has 0 aliphatic rings. The highest BCUT2D eigenvalue weighted by Gasteiger charge is 2.09. The minimum Gasteiger partial charge on any atom is -0.313 e. The lowest BCUT2D eigenvalue weighted by Gasteiger charge is -2.25. The maximum atomic E-state index is 3.60. The Kier molecular flexibility index (Phi) is 8.96. The Labute approximate surface area is 103 Å². The monoisotopic (exact) mass is 228 g/mol. The van der Waals surface area contributed by atoms with Crippen molar-refractivity contribution in [2.75, 3.05) is 26.2 Å². The molecule has 0 aromatic rings. The van der Waals surface area contributed by atoms with E-state index >= 15 is 0 Å². The van der Waals surface area contributed by atoms with E-state index < -0.39 is 0 Å². The van der Waals surface area contributed by atoms with Crippen molar-refractivity contribution in [3.05, 3.63) is 0 Å². The molecule has 98 valence electrons. The van der Waals surface area contributed by atoms with Gasteiger partial charge in [0.15, 0.2) is 0 Å². The Morgan fingerprint density at radius 1 is 1.06 bits per heavy atom. The molecule has 16 heavy (non-hydrogen) atoms. The van der Waals surface area contributed by atoms with E-state index in [1.165, 1.54) is 26.1 Å². The van der Waals surface area contributed by atoms with Crippen LogP contribution in [-0.4, -0.2) is 37.1 Å². The predicted octanol–water partition coefficient (Wildman–Crippen LogP) is 2.99. The van der Waals surface area contributed by atoms with Gasteiger partial charge in [0, 0.05) is 25.7 Å². The zero-order valence-electron chi connectivity index (χ0n) is 12.2. The average Bonchev–Trinajstić information content (AvgIpc) is 2.26. The summed E-state index contributed by atoms with van der Waals surface area (Å²) in [6.07, 6.45) is 1.28. The third-order valence-electron chi connectivity index (χ3n) is 3.61. The summed E-state index contributed by atoms with van der Waals surface area (Å²) in [4.78, 5) is 2.55. The normalized spacial score (nSPS) is 15.8. The summed E-state index contributed by atoms with van der Waals surface area (Å²) < 4.78 is 0. The molecule has 0 aromatic heterocycles. The third kappa shape index (κ3) is 7.24. The van der Waals surface area contributed by atoms with Crippen molar-refractivity contribution in [1.29, 1.82) is 0 Å². The molecule has 0 bridgehead atoms. The zero-order valence-corrected chi connectivity index (χ0v) is 12.2. The van der Waals surface area contributed by atoms with E-state index in [1.807, 2.05) is 0 Å². The Balaban J connectivity index is 3.70. The van der Waals surface area contributed by atoms with Gasteiger partial charge in [-0.05, 0) is 25.3 Å². The lowest BCUT2D eigenvalue weighted by atomic mass is 10.1. The molecule has 0 aliphatic heterocycles. The maximum absolute atomic E-state index is 3.60. The second kappa shape index (κ2) is 9.00. The van der Waals surface area contributed by atoms with E-state index in [0.29, 0.717) is 6.04 Å². The summed E-state index contributed by atoms with van der Waals surface area (Å²) in [7, 11) is 0. The van der Waals surface area contributed by atoms with Crippen LogP contribution in [0.15, 0.2) is 0 Å². The topological polar surface area (TPSA) is 15.3 Å². The highest BCUT2D eigenvalue weighted by atomic mass is 15.1. The second-order valence-corrected chi connectivity index (χ2v) is 5.39. The van der Waals surface area contributed by atoms with Crippen LogP contribution in [-0.2, 0) is 0 Å². The highest BCUT2D eigenvalue weighted by molar-refractivity contribution is 4.67. The van der Waals surface area contributed by atoms with Crippen LogP contribution in [0.2, 0.25) is 0 Å². The summed E-state index contributed by atoms with van der Waals surface area (Å²) in [5.41, 5.74) is 0. The molecule has 2 nitrogen and oxygen atoms in total. The number of likely N-dealkylation sites (N-methyl/N-ethyl adjacent to an activating group) is 1. The van der Waals surface area contributed by atoms with E-state index in [9.17, 15) is 0 Å². The molecular formula is C14H32N2. The molecule has 0 aromatic carbocycles. The van der Waals surface area contributed by atoms with Crippen molar-refractivity contribution >= 4 is 0 Å². The first-order chi connectivity index (χ1) is 7.51. The van der Waals surface area contributed by atoms with Gasteiger partial charge >= 0.3 is 0 Å². The SMILES string of the molecule is CCC(C)CN(CC)CCNC(C)C(C)C. The van der Waals surface area contributed by atoms with Crippen LogP contribution in [0, 0.1) is 11.8 Å². The fourth-order valence-electron chi connectivity index (χ4n) is 1.63. The molecule has 0 amide bonds. The average molecular weight is 228 g/mol. The molecule has 0 spiro atoms. The molecule has 0 saturated heterocycles. The first-order valence-electron chi connectivity index (χ1n) is 6.96. The Bertz CT molecular complexity index is 157. The molecule has 0 heterocycles. The largest absolute Gasteiger partial charge is 0.313 e. The van der Waals surface area contributed by atoms with E-state index in [0.717, 1.165) is 18.4 Å². The molecule has 0 rings (SSSR count). The Morgan fingerprint density at radius 3 is 2.12 bits per heavy atom. The van der Waals surface area contributed by atoms with Gasteiger partial charge in [0.1, 0.15) is 0 Å².